The molecule has 0 saturated heterocycles. The zero-order valence-corrected chi connectivity index (χ0v) is 19.1. The third-order valence-corrected chi connectivity index (χ3v) is 4.84. The van der Waals surface area contributed by atoms with Crippen LogP contribution in [0.3, 0.4) is 0 Å². The van der Waals surface area contributed by atoms with Gasteiger partial charge in [0, 0.05) is 16.9 Å². The Labute approximate surface area is 200 Å². The second-order valence-corrected chi connectivity index (χ2v) is 8.10. The first-order chi connectivity index (χ1) is 16.2. The lowest BCUT2D eigenvalue weighted by molar-refractivity contribution is 0.0877. The van der Waals surface area contributed by atoms with Crippen molar-refractivity contribution in [3.8, 4) is 0 Å². The number of hydrogen-bond donors (Lipinski definition) is 2. The molecule has 176 valence electrons. The molecule has 1 unspecified atom stereocenters. The van der Waals surface area contributed by atoms with Crippen molar-refractivity contribution in [1.29, 1.82) is 0 Å². The van der Waals surface area contributed by atoms with E-state index in [1.807, 2.05) is 31.3 Å². The second kappa shape index (κ2) is 11.4. The molecule has 9 heteroatoms. The standard InChI is InChI=1S/C25H22ClF2N3O3/c1-15(2)14-29-34-23(16-6-10-18(26)11-7-16)17-8-12-19(13-9-17)30-25(33)31-24(32)22-20(27)4-3-5-21(22)28/h3-15,23H,1-2H3,(H2,30,31,32,33). The molecular weight excluding hydrogens is 464 g/mol. The average molecular weight is 486 g/mol. The minimum Gasteiger partial charge on any atom is -0.383 e. The molecule has 0 spiro atoms. The minimum atomic E-state index is -1.19. The highest BCUT2D eigenvalue weighted by atomic mass is 35.5. The van der Waals surface area contributed by atoms with Crippen LogP contribution < -0.4 is 10.6 Å². The summed E-state index contributed by atoms with van der Waals surface area (Å²) >= 11 is 5.99. The number of nitrogens with zero attached hydrogens (tertiary/aromatic N) is 1. The largest absolute Gasteiger partial charge is 0.383 e. The van der Waals surface area contributed by atoms with E-state index in [9.17, 15) is 18.4 Å². The number of oxime groups is 1. The molecule has 0 fully saturated rings. The summed E-state index contributed by atoms with van der Waals surface area (Å²) in [6.45, 7) is 3.95. The molecule has 0 saturated carbocycles. The van der Waals surface area contributed by atoms with Crippen molar-refractivity contribution in [3.05, 3.63) is 100 Å². The van der Waals surface area contributed by atoms with Gasteiger partial charge in [0.2, 0.25) is 0 Å². The number of anilines is 1. The average Bonchev–Trinajstić information content (AvgIpc) is 2.78. The summed E-state index contributed by atoms with van der Waals surface area (Å²) in [5, 5.41) is 9.00. The molecular formula is C25H22ClF2N3O3. The fourth-order valence-corrected chi connectivity index (χ4v) is 3.08. The smallest absolute Gasteiger partial charge is 0.326 e. The Morgan fingerprint density at radius 2 is 1.50 bits per heavy atom. The van der Waals surface area contributed by atoms with Crippen LogP contribution in [0.25, 0.3) is 0 Å². The Kier molecular flexibility index (Phi) is 8.32. The molecule has 34 heavy (non-hydrogen) atoms. The van der Waals surface area contributed by atoms with Crippen molar-refractivity contribution in [3.63, 3.8) is 0 Å². The van der Waals surface area contributed by atoms with E-state index >= 15 is 0 Å². The molecule has 0 aliphatic carbocycles. The Hall–Kier alpha value is -3.78. The van der Waals surface area contributed by atoms with Gasteiger partial charge in [-0.1, -0.05) is 60.9 Å². The van der Waals surface area contributed by atoms with Crippen molar-refractivity contribution in [2.75, 3.05) is 5.32 Å². The monoisotopic (exact) mass is 485 g/mol. The summed E-state index contributed by atoms with van der Waals surface area (Å²) in [6, 6.07) is 15.8. The van der Waals surface area contributed by atoms with Crippen LogP contribution in [0.5, 0.6) is 0 Å². The molecule has 3 rings (SSSR count). The first-order valence-electron chi connectivity index (χ1n) is 10.4. The van der Waals surface area contributed by atoms with Crippen LogP contribution in [0.15, 0.2) is 71.9 Å². The van der Waals surface area contributed by atoms with E-state index in [1.165, 1.54) is 0 Å². The Morgan fingerprint density at radius 3 is 2.06 bits per heavy atom. The molecule has 0 aromatic heterocycles. The molecule has 0 aliphatic heterocycles. The predicted octanol–water partition coefficient (Wildman–Crippen LogP) is 6.33. The highest BCUT2D eigenvalue weighted by Crippen LogP contribution is 2.28. The maximum atomic E-state index is 13.7. The highest BCUT2D eigenvalue weighted by molar-refractivity contribution is 6.30. The lowest BCUT2D eigenvalue weighted by atomic mass is 10.0. The molecule has 3 aromatic rings. The summed E-state index contributed by atoms with van der Waals surface area (Å²) in [5.74, 6) is -3.12. The first kappa shape index (κ1) is 24.9. The fraction of sp³-hybridized carbons (Fsp3) is 0.160. The number of rotatable bonds is 7. The lowest BCUT2D eigenvalue weighted by Gasteiger charge is -2.17. The third kappa shape index (κ3) is 6.62. The summed E-state index contributed by atoms with van der Waals surface area (Å²) in [7, 11) is 0. The Balaban J connectivity index is 1.71. The van der Waals surface area contributed by atoms with Gasteiger partial charge in [0.1, 0.15) is 17.2 Å². The third-order valence-electron chi connectivity index (χ3n) is 4.59. The number of nitrogens with one attached hydrogen (secondary N) is 2. The van der Waals surface area contributed by atoms with Crippen LogP contribution in [0.2, 0.25) is 5.02 Å². The van der Waals surface area contributed by atoms with E-state index in [1.54, 1.807) is 42.6 Å². The van der Waals surface area contributed by atoms with Gasteiger partial charge in [-0.25, -0.2) is 13.6 Å². The Morgan fingerprint density at radius 1 is 0.941 bits per heavy atom. The van der Waals surface area contributed by atoms with Gasteiger partial charge >= 0.3 is 6.03 Å². The van der Waals surface area contributed by atoms with Crippen molar-refractivity contribution in [2.45, 2.75) is 20.0 Å². The quantitative estimate of drug-likeness (QED) is 0.303. The zero-order valence-electron chi connectivity index (χ0n) is 18.4. The SMILES string of the molecule is CC(C)C=NOC(c1ccc(Cl)cc1)c1ccc(NC(=O)NC(=O)c2c(F)cccc2F)cc1. The van der Waals surface area contributed by atoms with E-state index in [0.717, 1.165) is 29.3 Å². The van der Waals surface area contributed by atoms with Crippen molar-refractivity contribution in [2.24, 2.45) is 11.1 Å². The molecule has 0 heterocycles. The first-order valence-corrected chi connectivity index (χ1v) is 10.7. The van der Waals surface area contributed by atoms with Crippen molar-refractivity contribution in [1.82, 2.24) is 5.32 Å². The van der Waals surface area contributed by atoms with Gasteiger partial charge in [-0.2, -0.15) is 0 Å². The zero-order chi connectivity index (χ0) is 24.7. The van der Waals surface area contributed by atoms with E-state index in [2.05, 4.69) is 10.5 Å². The van der Waals surface area contributed by atoms with Gasteiger partial charge < -0.3 is 10.2 Å². The van der Waals surface area contributed by atoms with Crippen LogP contribution in [0.4, 0.5) is 19.3 Å². The van der Waals surface area contributed by atoms with Gasteiger partial charge in [0.25, 0.3) is 5.91 Å². The van der Waals surface area contributed by atoms with Crippen molar-refractivity contribution < 1.29 is 23.2 Å². The molecule has 6 nitrogen and oxygen atoms in total. The minimum absolute atomic E-state index is 0.205. The number of imide groups is 1. The van der Waals surface area contributed by atoms with Gasteiger partial charge in [-0.3, -0.25) is 10.1 Å². The summed E-state index contributed by atoms with van der Waals surface area (Å²) in [5.41, 5.74) is 1.08. The summed E-state index contributed by atoms with van der Waals surface area (Å²) in [6.07, 6.45) is 1.15. The number of benzene rings is 3. The van der Waals surface area contributed by atoms with Crippen molar-refractivity contribution >= 4 is 35.4 Å². The number of hydrogen-bond acceptors (Lipinski definition) is 4. The van der Waals surface area contributed by atoms with E-state index in [-0.39, 0.29) is 5.92 Å². The fourth-order valence-electron chi connectivity index (χ4n) is 2.95. The maximum absolute atomic E-state index is 13.7. The predicted molar refractivity (Wildman–Crippen MR) is 127 cm³/mol. The highest BCUT2D eigenvalue weighted by Gasteiger charge is 2.20. The van der Waals surface area contributed by atoms with Crippen LogP contribution in [0.1, 0.15) is 41.4 Å². The summed E-state index contributed by atoms with van der Waals surface area (Å²) in [4.78, 5) is 29.9. The molecule has 3 amide bonds. The molecule has 3 aromatic carbocycles. The van der Waals surface area contributed by atoms with Gasteiger partial charge in [0.15, 0.2) is 6.10 Å². The van der Waals surface area contributed by atoms with Crippen LogP contribution >= 0.6 is 11.6 Å². The van der Waals surface area contributed by atoms with Gasteiger partial charge in [-0.05, 0) is 53.4 Å². The van der Waals surface area contributed by atoms with Crippen LogP contribution in [0, 0.1) is 17.6 Å². The summed E-state index contributed by atoms with van der Waals surface area (Å²) < 4.78 is 27.5. The molecule has 0 radical (unpaired) electrons. The topological polar surface area (TPSA) is 79.8 Å². The number of amides is 3. The maximum Gasteiger partial charge on any atom is 0.326 e. The normalized spacial score (nSPS) is 11.9. The van der Waals surface area contributed by atoms with Gasteiger partial charge in [0.05, 0.1) is 0 Å². The van der Waals surface area contributed by atoms with E-state index in [4.69, 9.17) is 16.4 Å². The molecule has 1 atom stereocenters. The molecule has 0 aliphatic rings. The second-order valence-electron chi connectivity index (χ2n) is 7.66. The number of carbonyl (C=O) groups excluding carboxylic acids is 2. The number of carbonyl (C=O) groups is 2. The lowest BCUT2D eigenvalue weighted by Crippen LogP contribution is -2.35. The molecule has 0 bridgehead atoms. The van der Waals surface area contributed by atoms with Crippen LogP contribution in [-0.4, -0.2) is 18.2 Å². The van der Waals surface area contributed by atoms with Gasteiger partial charge in [-0.15, -0.1) is 0 Å². The van der Waals surface area contributed by atoms with Crippen LogP contribution in [-0.2, 0) is 4.84 Å². The number of halogens is 3. The molecule has 2 N–H and O–H groups in total. The van der Waals surface area contributed by atoms with E-state index < -0.39 is 35.2 Å². The number of urea groups is 1. The Bertz CT molecular complexity index is 1160. The van der Waals surface area contributed by atoms with E-state index in [0.29, 0.717) is 10.7 Å².